The van der Waals surface area contributed by atoms with Crippen molar-refractivity contribution in [3.05, 3.63) is 71.8 Å². The van der Waals surface area contributed by atoms with Gasteiger partial charge in [-0.25, -0.2) is 0 Å². The van der Waals surface area contributed by atoms with Crippen LogP contribution in [0.5, 0.6) is 0 Å². The maximum atomic E-state index is 3.50. The van der Waals surface area contributed by atoms with Crippen LogP contribution in [0.25, 0.3) is 21.9 Å². The van der Waals surface area contributed by atoms with Crippen LogP contribution >= 0.6 is 0 Å². The Bertz CT molecular complexity index is 768. The third kappa shape index (κ3) is 1.83. The second-order valence-electron chi connectivity index (χ2n) is 5.40. The molecule has 0 aliphatic carbocycles. The van der Waals surface area contributed by atoms with Crippen LogP contribution in [0.3, 0.4) is 0 Å². The molecular formula is C19H17N. The Labute approximate surface area is 119 Å². The smallest absolute Gasteiger partial charge is 0.0214 e. The quantitative estimate of drug-likeness (QED) is 0.692. The van der Waals surface area contributed by atoms with Gasteiger partial charge >= 0.3 is 0 Å². The molecule has 1 heteroatoms. The summed E-state index contributed by atoms with van der Waals surface area (Å²) in [4.78, 5) is 0. The van der Waals surface area contributed by atoms with Crippen molar-refractivity contribution in [3.63, 3.8) is 0 Å². The van der Waals surface area contributed by atoms with Crippen molar-refractivity contribution in [1.29, 1.82) is 0 Å². The molecule has 0 bridgehead atoms. The lowest BCUT2D eigenvalue weighted by atomic mass is 9.89. The van der Waals surface area contributed by atoms with E-state index in [4.69, 9.17) is 0 Å². The first-order valence-corrected chi connectivity index (χ1v) is 7.23. The fraction of sp³-hybridized carbons (Fsp3) is 0.158. The van der Waals surface area contributed by atoms with Crippen LogP contribution in [0.4, 0.5) is 0 Å². The molecule has 0 aromatic heterocycles. The van der Waals surface area contributed by atoms with Gasteiger partial charge in [0, 0.05) is 6.54 Å². The highest BCUT2D eigenvalue weighted by Gasteiger charge is 2.14. The zero-order valence-corrected chi connectivity index (χ0v) is 11.4. The highest BCUT2D eigenvalue weighted by atomic mass is 14.9. The van der Waals surface area contributed by atoms with E-state index in [-0.39, 0.29) is 0 Å². The van der Waals surface area contributed by atoms with Crippen LogP contribution in [-0.2, 0) is 13.0 Å². The lowest BCUT2D eigenvalue weighted by molar-refractivity contribution is 0.645. The van der Waals surface area contributed by atoms with Gasteiger partial charge in [-0.3, -0.25) is 0 Å². The molecule has 1 aliphatic heterocycles. The van der Waals surface area contributed by atoms with Crippen LogP contribution in [0, 0.1) is 0 Å². The molecule has 0 fully saturated rings. The third-order valence-electron chi connectivity index (χ3n) is 4.23. The molecule has 0 atom stereocenters. The van der Waals surface area contributed by atoms with Gasteiger partial charge in [0.15, 0.2) is 0 Å². The summed E-state index contributed by atoms with van der Waals surface area (Å²) in [6, 6.07) is 22.0. The van der Waals surface area contributed by atoms with E-state index in [1.807, 2.05) is 0 Å². The molecule has 0 saturated carbocycles. The molecule has 4 rings (SSSR count). The molecule has 3 aromatic carbocycles. The van der Waals surface area contributed by atoms with Crippen LogP contribution in [0.2, 0.25) is 0 Å². The monoisotopic (exact) mass is 259 g/mol. The normalized spacial score (nSPS) is 14.2. The van der Waals surface area contributed by atoms with Gasteiger partial charge < -0.3 is 5.32 Å². The van der Waals surface area contributed by atoms with E-state index in [9.17, 15) is 0 Å². The van der Waals surface area contributed by atoms with E-state index in [1.165, 1.54) is 33.0 Å². The number of hydrogen-bond acceptors (Lipinski definition) is 1. The largest absolute Gasteiger partial charge is 0.312 e. The lowest BCUT2D eigenvalue weighted by Gasteiger charge is -2.21. The molecule has 1 heterocycles. The SMILES string of the molecule is c1cc2c(c(-c3cccc4ccccc34)c1)CNCC2. The Hall–Kier alpha value is -2.12. The van der Waals surface area contributed by atoms with Crippen molar-refractivity contribution >= 4 is 10.8 Å². The second kappa shape index (κ2) is 4.77. The lowest BCUT2D eigenvalue weighted by Crippen LogP contribution is -2.24. The predicted octanol–water partition coefficient (Wildman–Crippen LogP) is 4.15. The zero-order chi connectivity index (χ0) is 13.4. The van der Waals surface area contributed by atoms with Gasteiger partial charge in [0.2, 0.25) is 0 Å². The molecule has 0 amide bonds. The highest BCUT2D eigenvalue weighted by molar-refractivity contribution is 5.97. The van der Waals surface area contributed by atoms with Crippen LogP contribution in [0.1, 0.15) is 11.1 Å². The number of fused-ring (bicyclic) bond motifs is 2. The maximum absolute atomic E-state index is 3.50. The van der Waals surface area contributed by atoms with E-state index < -0.39 is 0 Å². The van der Waals surface area contributed by atoms with Gasteiger partial charge in [-0.15, -0.1) is 0 Å². The molecule has 1 nitrogen and oxygen atoms in total. The topological polar surface area (TPSA) is 12.0 Å². The fourth-order valence-corrected chi connectivity index (χ4v) is 3.23. The van der Waals surface area contributed by atoms with Gasteiger partial charge in [-0.05, 0) is 46.0 Å². The first kappa shape index (κ1) is 11.7. The van der Waals surface area contributed by atoms with Gasteiger partial charge in [-0.1, -0.05) is 60.7 Å². The molecule has 1 aliphatic rings. The summed E-state index contributed by atoms with van der Waals surface area (Å²) in [5.41, 5.74) is 5.69. The number of hydrogen-bond donors (Lipinski definition) is 1. The van der Waals surface area contributed by atoms with E-state index in [0.29, 0.717) is 0 Å². The van der Waals surface area contributed by atoms with E-state index >= 15 is 0 Å². The standard InChI is InChI=1S/C19H17N/c1-2-8-16-14(5-1)6-3-9-17(16)18-10-4-7-15-11-12-20-13-19(15)18/h1-10,20H,11-13H2. The van der Waals surface area contributed by atoms with Crippen molar-refractivity contribution in [2.24, 2.45) is 0 Å². The number of nitrogens with one attached hydrogen (secondary N) is 1. The van der Waals surface area contributed by atoms with Crippen LogP contribution in [0.15, 0.2) is 60.7 Å². The number of benzene rings is 3. The van der Waals surface area contributed by atoms with Crippen molar-refractivity contribution in [2.75, 3.05) is 6.54 Å². The van der Waals surface area contributed by atoms with Crippen molar-refractivity contribution in [1.82, 2.24) is 5.32 Å². The first-order valence-electron chi connectivity index (χ1n) is 7.23. The maximum Gasteiger partial charge on any atom is 0.0214 e. The summed E-state index contributed by atoms with van der Waals surface area (Å²) < 4.78 is 0. The Kier molecular flexibility index (Phi) is 2.79. The van der Waals surface area contributed by atoms with Gasteiger partial charge in [0.1, 0.15) is 0 Å². The Morgan fingerprint density at radius 1 is 0.750 bits per heavy atom. The van der Waals surface area contributed by atoms with Crippen LogP contribution < -0.4 is 5.32 Å². The molecule has 1 N–H and O–H groups in total. The van der Waals surface area contributed by atoms with Gasteiger partial charge in [0.25, 0.3) is 0 Å². The zero-order valence-electron chi connectivity index (χ0n) is 11.4. The molecule has 98 valence electrons. The minimum atomic E-state index is 0.981. The Morgan fingerprint density at radius 2 is 1.55 bits per heavy atom. The molecule has 0 unspecified atom stereocenters. The molecule has 20 heavy (non-hydrogen) atoms. The fourth-order valence-electron chi connectivity index (χ4n) is 3.23. The molecular weight excluding hydrogens is 242 g/mol. The summed E-state index contributed by atoms with van der Waals surface area (Å²) in [5.74, 6) is 0. The minimum Gasteiger partial charge on any atom is -0.312 e. The van der Waals surface area contributed by atoms with E-state index in [2.05, 4.69) is 66.0 Å². The summed E-state index contributed by atoms with van der Waals surface area (Å²) in [5, 5.41) is 6.15. The second-order valence-corrected chi connectivity index (χ2v) is 5.40. The predicted molar refractivity (Wildman–Crippen MR) is 84.8 cm³/mol. The molecule has 3 aromatic rings. The van der Waals surface area contributed by atoms with E-state index in [0.717, 1.165) is 19.5 Å². The average Bonchev–Trinajstić information content (AvgIpc) is 2.54. The van der Waals surface area contributed by atoms with Crippen LogP contribution in [-0.4, -0.2) is 6.54 Å². The third-order valence-corrected chi connectivity index (χ3v) is 4.23. The summed E-state index contributed by atoms with van der Waals surface area (Å²) >= 11 is 0. The van der Waals surface area contributed by atoms with Gasteiger partial charge in [0.05, 0.1) is 0 Å². The van der Waals surface area contributed by atoms with Crippen molar-refractivity contribution < 1.29 is 0 Å². The minimum absolute atomic E-state index is 0.981. The summed E-state index contributed by atoms with van der Waals surface area (Å²) in [6.07, 6.45) is 1.13. The first-order chi connectivity index (χ1) is 9.93. The molecule has 0 radical (unpaired) electrons. The molecule has 0 spiro atoms. The summed E-state index contributed by atoms with van der Waals surface area (Å²) in [7, 11) is 0. The van der Waals surface area contributed by atoms with Crippen molar-refractivity contribution in [2.45, 2.75) is 13.0 Å². The Morgan fingerprint density at radius 3 is 2.55 bits per heavy atom. The highest BCUT2D eigenvalue weighted by Crippen LogP contribution is 2.33. The van der Waals surface area contributed by atoms with E-state index in [1.54, 1.807) is 0 Å². The van der Waals surface area contributed by atoms with Gasteiger partial charge in [-0.2, -0.15) is 0 Å². The Balaban J connectivity index is 2.00. The number of rotatable bonds is 1. The molecule has 0 saturated heterocycles. The average molecular weight is 259 g/mol. The van der Waals surface area contributed by atoms with Crippen molar-refractivity contribution in [3.8, 4) is 11.1 Å². The summed E-state index contributed by atoms with van der Waals surface area (Å²) in [6.45, 7) is 2.07.